The van der Waals surface area contributed by atoms with E-state index in [0.717, 1.165) is 24.5 Å². The Hall–Kier alpha value is -2.69. The van der Waals surface area contributed by atoms with Gasteiger partial charge in [0.25, 0.3) is 5.91 Å². The molecule has 144 valence electrons. The minimum absolute atomic E-state index is 0.140. The smallest absolute Gasteiger partial charge is 0.265 e. The average molecular weight is 368 g/mol. The van der Waals surface area contributed by atoms with Crippen LogP contribution in [0.5, 0.6) is 11.5 Å². The molecular weight excluding hydrogens is 340 g/mol. The maximum atomic E-state index is 12.6. The first-order valence-corrected chi connectivity index (χ1v) is 9.66. The maximum Gasteiger partial charge on any atom is 0.265 e. The average Bonchev–Trinajstić information content (AvgIpc) is 2.73. The molecule has 5 nitrogen and oxygen atoms in total. The van der Waals surface area contributed by atoms with Gasteiger partial charge in [0.15, 0.2) is 6.10 Å². The van der Waals surface area contributed by atoms with Crippen molar-refractivity contribution in [2.75, 3.05) is 30.4 Å². The second-order valence-corrected chi connectivity index (χ2v) is 6.77. The van der Waals surface area contributed by atoms with Crippen LogP contribution in [0.25, 0.3) is 0 Å². The van der Waals surface area contributed by atoms with E-state index in [1.165, 1.54) is 24.9 Å². The molecule has 0 radical (unpaired) electrons. The first kappa shape index (κ1) is 19.1. The number of benzene rings is 2. The molecule has 1 N–H and O–H groups in total. The van der Waals surface area contributed by atoms with Crippen LogP contribution in [0.15, 0.2) is 48.5 Å². The topological polar surface area (TPSA) is 50.8 Å². The fourth-order valence-electron chi connectivity index (χ4n) is 3.27. The summed E-state index contributed by atoms with van der Waals surface area (Å²) in [5.41, 5.74) is 2.01. The molecular formula is C22H28N2O3. The predicted octanol–water partition coefficient (Wildman–Crippen LogP) is 4.48. The van der Waals surface area contributed by atoms with E-state index in [2.05, 4.69) is 22.3 Å². The van der Waals surface area contributed by atoms with Crippen molar-refractivity contribution in [3.63, 3.8) is 0 Å². The van der Waals surface area contributed by atoms with Crippen LogP contribution in [0.1, 0.15) is 32.6 Å². The molecule has 1 aliphatic heterocycles. The number of carbonyl (C=O) groups is 1. The number of ether oxygens (including phenoxy) is 2. The minimum atomic E-state index is -0.542. The lowest BCUT2D eigenvalue weighted by Crippen LogP contribution is -2.32. The molecule has 2 aromatic carbocycles. The summed E-state index contributed by atoms with van der Waals surface area (Å²) in [5.74, 6) is 1.27. The molecule has 1 amide bonds. The summed E-state index contributed by atoms with van der Waals surface area (Å²) in [6, 6.07) is 15.3. The van der Waals surface area contributed by atoms with Gasteiger partial charge in [-0.25, -0.2) is 0 Å². The summed E-state index contributed by atoms with van der Waals surface area (Å²) in [6.07, 6.45) is 3.86. The molecule has 1 saturated heterocycles. The van der Waals surface area contributed by atoms with Crippen molar-refractivity contribution in [1.29, 1.82) is 0 Å². The minimum Gasteiger partial charge on any atom is -0.497 e. The largest absolute Gasteiger partial charge is 0.497 e. The highest BCUT2D eigenvalue weighted by molar-refractivity contribution is 5.94. The number of nitrogens with zero attached hydrogens (tertiary/aromatic N) is 1. The van der Waals surface area contributed by atoms with Crippen molar-refractivity contribution in [2.24, 2.45) is 0 Å². The van der Waals surface area contributed by atoms with Crippen molar-refractivity contribution in [2.45, 2.75) is 38.7 Å². The molecule has 1 fully saturated rings. The van der Waals surface area contributed by atoms with Crippen LogP contribution < -0.4 is 19.7 Å². The van der Waals surface area contributed by atoms with E-state index in [4.69, 9.17) is 9.47 Å². The van der Waals surface area contributed by atoms with Crippen molar-refractivity contribution >= 4 is 17.3 Å². The predicted molar refractivity (Wildman–Crippen MR) is 109 cm³/mol. The van der Waals surface area contributed by atoms with Crippen LogP contribution in [0.2, 0.25) is 0 Å². The van der Waals surface area contributed by atoms with Gasteiger partial charge in [0.05, 0.1) is 7.11 Å². The maximum absolute atomic E-state index is 12.6. The summed E-state index contributed by atoms with van der Waals surface area (Å²) in [5, 5.41) is 2.96. The van der Waals surface area contributed by atoms with E-state index in [-0.39, 0.29) is 5.91 Å². The number of hydrogen-bond donors (Lipinski definition) is 1. The number of piperidine rings is 1. The number of hydrogen-bond acceptors (Lipinski definition) is 4. The Bertz CT molecular complexity index is 722. The van der Waals surface area contributed by atoms with E-state index < -0.39 is 6.10 Å². The first-order valence-electron chi connectivity index (χ1n) is 9.66. The zero-order chi connectivity index (χ0) is 19.1. The number of carbonyl (C=O) groups excluding carboxylic acids is 1. The fraction of sp³-hybridized carbons (Fsp3) is 0.409. The fourth-order valence-corrected chi connectivity index (χ4v) is 3.27. The van der Waals surface area contributed by atoms with E-state index in [1.807, 2.05) is 43.3 Å². The van der Waals surface area contributed by atoms with Gasteiger partial charge in [-0.15, -0.1) is 0 Å². The van der Waals surface area contributed by atoms with E-state index >= 15 is 0 Å². The summed E-state index contributed by atoms with van der Waals surface area (Å²) in [7, 11) is 1.62. The Kier molecular flexibility index (Phi) is 6.58. The molecule has 3 rings (SSSR count). The Balaban J connectivity index is 1.58. The third kappa shape index (κ3) is 5.16. The lowest BCUT2D eigenvalue weighted by Gasteiger charge is -2.28. The summed E-state index contributed by atoms with van der Waals surface area (Å²) in [6.45, 7) is 4.16. The highest BCUT2D eigenvalue weighted by Crippen LogP contribution is 2.23. The molecule has 0 bridgehead atoms. The van der Waals surface area contributed by atoms with E-state index in [1.54, 1.807) is 7.11 Å². The van der Waals surface area contributed by atoms with Gasteiger partial charge < -0.3 is 19.7 Å². The lowest BCUT2D eigenvalue weighted by atomic mass is 10.1. The molecule has 1 atom stereocenters. The summed E-state index contributed by atoms with van der Waals surface area (Å²) in [4.78, 5) is 15.0. The first-order chi connectivity index (χ1) is 13.2. The number of rotatable bonds is 7. The molecule has 0 aliphatic carbocycles. The summed E-state index contributed by atoms with van der Waals surface area (Å²) >= 11 is 0. The normalized spacial score (nSPS) is 15.1. The van der Waals surface area contributed by atoms with E-state index in [9.17, 15) is 4.79 Å². The quantitative estimate of drug-likeness (QED) is 0.783. The van der Waals surface area contributed by atoms with Crippen molar-refractivity contribution in [3.05, 3.63) is 48.5 Å². The molecule has 1 unspecified atom stereocenters. The molecule has 0 saturated carbocycles. The van der Waals surface area contributed by atoms with Crippen molar-refractivity contribution in [1.82, 2.24) is 0 Å². The summed E-state index contributed by atoms with van der Waals surface area (Å²) < 4.78 is 11.0. The van der Waals surface area contributed by atoms with Crippen molar-refractivity contribution in [3.8, 4) is 11.5 Å². The molecule has 1 heterocycles. The Labute approximate surface area is 161 Å². The van der Waals surface area contributed by atoms with Gasteiger partial charge in [-0.3, -0.25) is 4.79 Å². The number of anilines is 2. The van der Waals surface area contributed by atoms with Gasteiger partial charge in [0.1, 0.15) is 11.5 Å². The molecule has 2 aromatic rings. The monoisotopic (exact) mass is 368 g/mol. The standard InChI is InChI=1S/C22H28N2O3/c1-3-21(27-20-13-11-19(26-2)12-14-20)22(25)23-17-7-9-18(10-8-17)24-15-5-4-6-16-24/h7-14,21H,3-6,15-16H2,1-2H3,(H,23,25). The Morgan fingerprint density at radius 3 is 2.22 bits per heavy atom. The van der Waals surface area contributed by atoms with Gasteiger partial charge in [-0.2, -0.15) is 0 Å². The van der Waals surface area contributed by atoms with Gasteiger partial charge >= 0.3 is 0 Å². The van der Waals surface area contributed by atoms with Crippen LogP contribution in [-0.2, 0) is 4.79 Å². The third-order valence-corrected chi connectivity index (χ3v) is 4.86. The molecule has 27 heavy (non-hydrogen) atoms. The zero-order valence-corrected chi connectivity index (χ0v) is 16.1. The Morgan fingerprint density at radius 2 is 1.63 bits per heavy atom. The van der Waals surface area contributed by atoms with Crippen LogP contribution in [0.3, 0.4) is 0 Å². The van der Waals surface area contributed by atoms with Gasteiger partial charge in [0, 0.05) is 24.5 Å². The zero-order valence-electron chi connectivity index (χ0n) is 16.1. The van der Waals surface area contributed by atoms with Gasteiger partial charge in [0.2, 0.25) is 0 Å². The number of nitrogens with one attached hydrogen (secondary N) is 1. The molecule has 0 aromatic heterocycles. The van der Waals surface area contributed by atoms with Gasteiger partial charge in [-0.1, -0.05) is 6.92 Å². The van der Waals surface area contributed by atoms with Crippen LogP contribution in [-0.4, -0.2) is 32.2 Å². The Morgan fingerprint density at radius 1 is 1.00 bits per heavy atom. The van der Waals surface area contributed by atoms with Crippen LogP contribution >= 0.6 is 0 Å². The van der Waals surface area contributed by atoms with Gasteiger partial charge in [-0.05, 0) is 74.2 Å². The van der Waals surface area contributed by atoms with E-state index in [0.29, 0.717) is 12.2 Å². The third-order valence-electron chi connectivity index (χ3n) is 4.86. The molecule has 0 spiro atoms. The lowest BCUT2D eigenvalue weighted by molar-refractivity contribution is -0.122. The van der Waals surface area contributed by atoms with Crippen LogP contribution in [0.4, 0.5) is 11.4 Å². The number of amides is 1. The molecule has 5 heteroatoms. The SMILES string of the molecule is CCC(Oc1ccc(OC)cc1)C(=O)Nc1ccc(N2CCCCC2)cc1. The number of methoxy groups -OCH3 is 1. The van der Waals surface area contributed by atoms with Crippen LogP contribution in [0, 0.1) is 0 Å². The second-order valence-electron chi connectivity index (χ2n) is 6.77. The second kappa shape index (κ2) is 9.31. The highest BCUT2D eigenvalue weighted by atomic mass is 16.5. The highest BCUT2D eigenvalue weighted by Gasteiger charge is 2.19. The van der Waals surface area contributed by atoms with Crippen molar-refractivity contribution < 1.29 is 14.3 Å². The molecule has 1 aliphatic rings.